The Morgan fingerprint density at radius 1 is 1.24 bits per heavy atom. The van der Waals surface area contributed by atoms with Crippen LogP contribution in [0.25, 0.3) is 10.9 Å². The molecule has 2 aromatic heterocycles. The van der Waals surface area contributed by atoms with Crippen LogP contribution in [-0.2, 0) is 0 Å². The monoisotopic (exact) mass is 400 g/mol. The van der Waals surface area contributed by atoms with Crippen molar-refractivity contribution in [2.45, 2.75) is 6.92 Å². The summed E-state index contributed by atoms with van der Waals surface area (Å²) in [7, 11) is 0. The van der Waals surface area contributed by atoms with Crippen LogP contribution in [0.2, 0.25) is 0 Å². The lowest BCUT2D eigenvalue weighted by molar-refractivity contribution is 0.0689. The Hall–Kier alpha value is -3.69. The Morgan fingerprint density at radius 2 is 1.97 bits per heavy atom. The second-order valence-corrected chi connectivity index (χ2v) is 6.78. The Morgan fingerprint density at radius 3 is 2.62 bits per heavy atom. The Balaban J connectivity index is 1.53. The molecule has 4 rings (SSSR count). The molecular formula is C19H17FN4O5. The quantitative estimate of drug-likeness (QED) is 0.686. The highest BCUT2D eigenvalue weighted by Gasteiger charge is 2.27. The number of hydrogen-bond acceptors (Lipinski definition) is 6. The van der Waals surface area contributed by atoms with E-state index >= 15 is 0 Å². The molecule has 3 heterocycles. The highest BCUT2D eigenvalue weighted by molar-refractivity contribution is 5.97. The summed E-state index contributed by atoms with van der Waals surface area (Å²) in [5, 5.41) is 9.06. The number of aromatic carboxylic acids is 1. The lowest BCUT2D eigenvalue weighted by Crippen LogP contribution is -2.49. The number of aromatic amines is 1. The largest absolute Gasteiger partial charge is 0.476 e. The molecule has 2 N–H and O–H groups in total. The molecule has 0 spiro atoms. The van der Waals surface area contributed by atoms with Crippen molar-refractivity contribution in [2.24, 2.45) is 0 Å². The van der Waals surface area contributed by atoms with Crippen LogP contribution in [0.5, 0.6) is 0 Å². The van der Waals surface area contributed by atoms with E-state index < -0.39 is 23.1 Å². The van der Waals surface area contributed by atoms with Crippen molar-refractivity contribution in [1.82, 2.24) is 14.9 Å². The maximum absolute atomic E-state index is 13.7. The number of anilines is 1. The maximum Gasteiger partial charge on any atom is 0.357 e. The van der Waals surface area contributed by atoms with Crippen LogP contribution in [0.1, 0.15) is 26.4 Å². The number of H-pyrrole nitrogens is 1. The van der Waals surface area contributed by atoms with Crippen molar-refractivity contribution in [3.05, 3.63) is 57.5 Å². The van der Waals surface area contributed by atoms with Gasteiger partial charge in [-0.15, -0.1) is 0 Å². The molecule has 1 fully saturated rings. The number of hydrogen-bond donors (Lipinski definition) is 2. The number of benzene rings is 1. The molecule has 10 heteroatoms. The smallest absolute Gasteiger partial charge is 0.357 e. The van der Waals surface area contributed by atoms with Crippen molar-refractivity contribution in [2.75, 3.05) is 31.1 Å². The van der Waals surface area contributed by atoms with Gasteiger partial charge >= 0.3 is 5.97 Å². The third-order valence-electron chi connectivity index (χ3n) is 4.93. The number of nitrogens with one attached hydrogen (secondary N) is 1. The molecule has 29 heavy (non-hydrogen) atoms. The first-order chi connectivity index (χ1) is 13.8. The zero-order chi connectivity index (χ0) is 20.7. The summed E-state index contributed by atoms with van der Waals surface area (Å²) >= 11 is 0. The van der Waals surface area contributed by atoms with Crippen molar-refractivity contribution in [3.63, 3.8) is 0 Å². The topological polar surface area (TPSA) is 120 Å². The number of carboxylic acids is 1. The number of pyridine rings is 1. The van der Waals surface area contributed by atoms with E-state index in [0.717, 1.165) is 12.3 Å². The third-order valence-corrected chi connectivity index (χ3v) is 4.93. The Kier molecular flexibility index (Phi) is 4.53. The molecule has 0 unspecified atom stereocenters. The molecule has 1 saturated heterocycles. The van der Waals surface area contributed by atoms with E-state index in [1.54, 1.807) is 11.8 Å². The van der Waals surface area contributed by atoms with Gasteiger partial charge in [-0.1, -0.05) is 0 Å². The molecule has 1 aliphatic rings. The standard InChI is InChI=1S/C19H17FN4O5/c1-10-6-11(20)7-12-15(10)21-8-13(16(12)25)17(26)23-2-4-24(5-3-23)19-22-14(9-29-19)18(27)28/h6-9H,2-5H2,1H3,(H,21,25)(H,27,28). The number of carbonyl (C=O) groups excluding carboxylic acids is 1. The summed E-state index contributed by atoms with van der Waals surface area (Å²) in [5.41, 5.74) is 0.309. The third kappa shape index (κ3) is 3.33. The first-order valence-electron chi connectivity index (χ1n) is 8.89. The summed E-state index contributed by atoms with van der Waals surface area (Å²) in [4.78, 5) is 46.6. The van der Waals surface area contributed by atoms with Gasteiger partial charge in [-0.3, -0.25) is 9.59 Å². The minimum atomic E-state index is -1.18. The fourth-order valence-electron chi connectivity index (χ4n) is 3.41. The van der Waals surface area contributed by atoms with Crippen molar-refractivity contribution >= 4 is 28.8 Å². The first-order valence-corrected chi connectivity index (χ1v) is 8.89. The predicted octanol–water partition coefficient (Wildman–Crippen LogP) is 1.62. The van der Waals surface area contributed by atoms with Crippen LogP contribution in [-0.4, -0.2) is 58.0 Å². The molecule has 0 saturated carbocycles. The molecule has 1 aliphatic heterocycles. The molecule has 0 aliphatic carbocycles. The summed E-state index contributed by atoms with van der Waals surface area (Å²) in [6.45, 7) is 3.00. The number of oxazole rings is 1. The van der Waals surface area contributed by atoms with Gasteiger partial charge in [0.25, 0.3) is 11.9 Å². The summed E-state index contributed by atoms with van der Waals surface area (Å²) in [6.07, 6.45) is 2.42. The van der Waals surface area contributed by atoms with E-state index in [4.69, 9.17) is 9.52 Å². The predicted molar refractivity (Wildman–Crippen MR) is 101 cm³/mol. The number of carboxylic acid groups (broad SMARTS) is 1. The summed E-state index contributed by atoms with van der Waals surface area (Å²) in [5.74, 6) is -2.17. The summed E-state index contributed by atoms with van der Waals surface area (Å²) < 4.78 is 18.9. The van der Waals surface area contributed by atoms with Gasteiger partial charge in [0.2, 0.25) is 5.43 Å². The van der Waals surface area contributed by atoms with Crippen LogP contribution < -0.4 is 10.3 Å². The van der Waals surface area contributed by atoms with Crippen LogP contribution in [0.15, 0.2) is 33.8 Å². The Bertz CT molecular complexity index is 1180. The zero-order valence-electron chi connectivity index (χ0n) is 15.4. The molecule has 1 amide bonds. The highest BCUT2D eigenvalue weighted by atomic mass is 19.1. The molecular weight excluding hydrogens is 383 g/mol. The SMILES string of the molecule is Cc1cc(F)cc2c(=O)c(C(=O)N3CCN(c4nc(C(=O)O)co4)CC3)c[nH]c12. The molecule has 150 valence electrons. The molecule has 0 atom stereocenters. The van der Waals surface area contributed by atoms with Gasteiger partial charge in [0.15, 0.2) is 5.69 Å². The summed E-state index contributed by atoms with van der Waals surface area (Å²) in [6, 6.07) is 2.61. The number of aryl methyl sites for hydroxylation is 1. The van der Waals surface area contributed by atoms with E-state index in [1.807, 2.05) is 0 Å². The number of carbonyl (C=O) groups is 2. The number of piperazine rings is 1. The van der Waals surface area contributed by atoms with Crippen molar-refractivity contribution < 1.29 is 23.5 Å². The van der Waals surface area contributed by atoms with Gasteiger partial charge < -0.3 is 24.3 Å². The van der Waals surface area contributed by atoms with Gasteiger partial charge in [-0.25, -0.2) is 9.18 Å². The minimum Gasteiger partial charge on any atom is -0.476 e. The van der Waals surface area contributed by atoms with E-state index in [9.17, 15) is 18.8 Å². The average Bonchev–Trinajstić information content (AvgIpc) is 3.19. The van der Waals surface area contributed by atoms with Crippen molar-refractivity contribution in [1.29, 1.82) is 0 Å². The second-order valence-electron chi connectivity index (χ2n) is 6.78. The number of halogens is 1. The lowest BCUT2D eigenvalue weighted by atomic mass is 10.1. The molecule has 1 aromatic carbocycles. The zero-order valence-corrected chi connectivity index (χ0v) is 15.4. The van der Waals surface area contributed by atoms with Crippen LogP contribution in [0.3, 0.4) is 0 Å². The first kappa shape index (κ1) is 18.7. The van der Waals surface area contributed by atoms with Crippen LogP contribution in [0.4, 0.5) is 10.4 Å². The molecule has 0 bridgehead atoms. The fraction of sp³-hybridized carbons (Fsp3) is 0.263. The van der Waals surface area contributed by atoms with Crippen LogP contribution >= 0.6 is 0 Å². The maximum atomic E-state index is 13.7. The number of amides is 1. The van der Waals surface area contributed by atoms with Gasteiger partial charge in [0.05, 0.1) is 5.52 Å². The number of fused-ring (bicyclic) bond motifs is 1. The second kappa shape index (κ2) is 7.04. The highest BCUT2D eigenvalue weighted by Crippen LogP contribution is 2.18. The van der Waals surface area contributed by atoms with Crippen LogP contribution in [0, 0.1) is 12.7 Å². The van der Waals surface area contributed by atoms with E-state index in [1.165, 1.54) is 17.2 Å². The van der Waals surface area contributed by atoms with Crippen molar-refractivity contribution in [3.8, 4) is 0 Å². The van der Waals surface area contributed by atoms with Gasteiger partial charge in [0, 0.05) is 37.8 Å². The molecule has 9 nitrogen and oxygen atoms in total. The lowest BCUT2D eigenvalue weighted by Gasteiger charge is -2.33. The average molecular weight is 400 g/mol. The number of rotatable bonds is 3. The minimum absolute atomic E-state index is 0.0553. The van der Waals surface area contributed by atoms with E-state index in [0.29, 0.717) is 37.3 Å². The van der Waals surface area contributed by atoms with Gasteiger partial charge in [-0.2, -0.15) is 4.98 Å². The molecule has 3 aromatic rings. The fourth-order valence-corrected chi connectivity index (χ4v) is 3.41. The molecule has 0 radical (unpaired) electrons. The van der Waals surface area contributed by atoms with Gasteiger partial charge in [0.1, 0.15) is 17.6 Å². The normalized spacial score (nSPS) is 14.4. The number of nitrogens with zero attached hydrogens (tertiary/aromatic N) is 3. The Labute approximate surface area is 163 Å². The van der Waals surface area contributed by atoms with E-state index in [-0.39, 0.29) is 22.7 Å². The van der Waals surface area contributed by atoms with Gasteiger partial charge in [-0.05, 0) is 24.6 Å². The van der Waals surface area contributed by atoms with E-state index in [2.05, 4.69) is 9.97 Å². The number of aromatic nitrogens is 2.